The van der Waals surface area contributed by atoms with Crippen LogP contribution in [0.4, 0.5) is 10.5 Å². The van der Waals surface area contributed by atoms with E-state index < -0.39 is 0 Å². The van der Waals surface area contributed by atoms with Gasteiger partial charge in [0.1, 0.15) is 5.69 Å². The van der Waals surface area contributed by atoms with E-state index in [0.717, 1.165) is 16.6 Å². The van der Waals surface area contributed by atoms with Gasteiger partial charge in [-0.15, -0.1) is 0 Å². The number of likely N-dealkylation sites (tertiary alicyclic amines) is 1. The molecule has 10 heteroatoms. The summed E-state index contributed by atoms with van der Waals surface area (Å²) in [6.45, 7) is 0.821. The predicted octanol–water partition coefficient (Wildman–Crippen LogP) is 2.41. The zero-order chi connectivity index (χ0) is 24.4. The number of imidazole rings is 1. The number of aliphatic hydroxyl groups excluding tert-OH is 1. The van der Waals surface area contributed by atoms with Gasteiger partial charge in [0.05, 0.1) is 12.1 Å². The average molecular weight is 475 g/mol. The second kappa shape index (κ2) is 9.59. The van der Waals surface area contributed by atoms with Crippen LogP contribution >= 0.6 is 0 Å². The summed E-state index contributed by atoms with van der Waals surface area (Å²) in [6, 6.07) is 14.4. The fourth-order valence-electron chi connectivity index (χ4n) is 4.63. The molecule has 35 heavy (non-hydrogen) atoms. The molecule has 1 aliphatic heterocycles. The minimum absolute atomic E-state index is 0.0484. The van der Waals surface area contributed by atoms with E-state index in [9.17, 15) is 19.5 Å². The van der Waals surface area contributed by atoms with E-state index in [1.54, 1.807) is 34.0 Å². The molecule has 10 nitrogen and oxygen atoms in total. The predicted molar refractivity (Wildman–Crippen MR) is 132 cm³/mol. The normalized spacial score (nSPS) is 14.4. The third kappa shape index (κ3) is 4.47. The zero-order valence-corrected chi connectivity index (χ0v) is 19.1. The van der Waals surface area contributed by atoms with Gasteiger partial charge >= 0.3 is 11.7 Å². The van der Waals surface area contributed by atoms with Crippen molar-refractivity contribution >= 4 is 22.9 Å². The van der Waals surface area contributed by atoms with Crippen LogP contribution in [0.1, 0.15) is 18.9 Å². The zero-order valence-electron chi connectivity index (χ0n) is 19.1. The first-order valence-electron chi connectivity index (χ1n) is 11.6. The Bertz CT molecular complexity index is 1460. The molecule has 1 saturated heterocycles. The van der Waals surface area contributed by atoms with Gasteiger partial charge in [-0.25, -0.2) is 14.6 Å². The van der Waals surface area contributed by atoms with Crippen molar-refractivity contribution in [3.8, 4) is 11.1 Å². The maximum Gasteiger partial charge on any atom is 0.327 e. The molecule has 180 valence electrons. The standard InChI is InChI=1S/C25H26N6O4/c32-14-13-30-16-18(17-5-2-1-3-6-17)15-20(23(30)33)27-24(34)29-11-8-19(9-12-29)31-21-7-4-10-26-22(21)28-25(31)35/h1-7,10,15-16,19,32H,8-9,11-14H2,(H,27,34)(H,26,28,35). The number of rotatable bonds is 5. The average Bonchev–Trinajstić information content (AvgIpc) is 3.22. The van der Waals surface area contributed by atoms with E-state index in [0.29, 0.717) is 31.6 Å². The molecule has 0 unspecified atom stereocenters. The number of aromatic nitrogens is 4. The quantitative estimate of drug-likeness (QED) is 0.410. The Morgan fingerprint density at radius 3 is 2.60 bits per heavy atom. The van der Waals surface area contributed by atoms with Gasteiger partial charge in [-0.2, -0.15) is 0 Å². The summed E-state index contributed by atoms with van der Waals surface area (Å²) in [6.07, 6.45) is 4.53. The summed E-state index contributed by atoms with van der Waals surface area (Å²) in [4.78, 5) is 47.1. The van der Waals surface area contributed by atoms with Crippen LogP contribution in [0.3, 0.4) is 0 Å². The van der Waals surface area contributed by atoms with Crippen LogP contribution in [-0.2, 0) is 6.54 Å². The van der Waals surface area contributed by atoms with Crippen molar-refractivity contribution in [3.05, 3.63) is 81.8 Å². The number of urea groups is 1. The number of nitrogens with one attached hydrogen (secondary N) is 2. The molecule has 4 heterocycles. The molecular weight excluding hydrogens is 448 g/mol. The molecule has 0 saturated carbocycles. The lowest BCUT2D eigenvalue weighted by molar-refractivity contribution is 0.184. The molecular formula is C25H26N6O4. The van der Waals surface area contributed by atoms with Crippen molar-refractivity contribution in [2.24, 2.45) is 0 Å². The third-order valence-corrected chi connectivity index (χ3v) is 6.38. The van der Waals surface area contributed by atoms with Crippen molar-refractivity contribution in [2.75, 3.05) is 25.0 Å². The number of aliphatic hydroxyl groups is 1. The van der Waals surface area contributed by atoms with Gasteiger partial charge in [-0.05, 0) is 36.6 Å². The second-order valence-electron chi connectivity index (χ2n) is 8.55. The molecule has 2 amide bonds. The maximum atomic E-state index is 13.0. The van der Waals surface area contributed by atoms with Crippen LogP contribution in [0, 0.1) is 0 Å². The second-order valence-corrected chi connectivity index (χ2v) is 8.55. The van der Waals surface area contributed by atoms with Crippen LogP contribution in [-0.4, -0.2) is 54.8 Å². The number of aromatic amines is 1. The van der Waals surface area contributed by atoms with E-state index >= 15 is 0 Å². The van der Waals surface area contributed by atoms with Gasteiger partial charge in [0.2, 0.25) is 0 Å². The summed E-state index contributed by atoms with van der Waals surface area (Å²) in [5.74, 6) is 0. The van der Waals surface area contributed by atoms with Crippen molar-refractivity contribution in [3.63, 3.8) is 0 Å². The molecule has 0 aliphatic carbocycles. The monoisotopic (exact) mass is 474 g/mol. The lowest BCUT2D eigenvalue weighted by Crippen LogP contribution is -2.43. The number of piperidine rings is 1. The summed E-state index contributed by atoms with van der Waals surface area (Å²) < 4.78 is 3.12. The molecule has 1 aliphatic rings. The molecule has 0 radical (unpaired) electrons. The first-order valence-corrected chi connectivity index (χ1v) is 11.6. The van der Waals surface area contributed by atoms with Gasteiger partial charge in [0.15, 0.2) is 5.65 Å². The number of carbonyl (C=O) groups is 1. The number of H-pyrrole nitrogens is 1. The first-order chi connectivity index (χ1) is 17.0. The summed E-state index contributed by atoms with van der Waals surface area (Å²) in [5, 5.41) is 12.2. The first kappa shape index (κ1) is 22.6. The SMILES string of the molecule is O=C(Nc1cc(-c2ccccc2)cn(CCO)c1=O)N1CCC(n2c(=O)[nH]c3ncccc32)CC1. The minimum Gasteiger partial charge on any atom is -0.395 e. The van der Waals surface area contributed by atoms with Crippen LogP contribution in [0.25, 0.3) is 22.3 Å². The Hall–Kier alpha value is -4.18. The highest BCUT2D eigenvalue weighted by Gasteiger charge is 2.27. The number of carbonyl (C=O) groups excluding carboxylic acids is 1. The van der Waals surface area contributed by atoms with Gasteiger partial charge in [0, 0.05) is 43.6 Å². The Balaban J connectivity index is 1.33. The number of hydrogen-bond donors (Lipinski definition) is 3. The molecule has 0 atom stereocenters. The smallest absolute Gasteiger partial charge is 0.327 e. The largest absolute Gasteiger partial charge is 0.395 e. The van der Waals surface area contributed by atoms with E-state index in [4.69, 9.17) is 0 Å². The molecule has 0 bridgehead atoms. The molecule has 3 aromatic heterocycles. The Morgan fingerprint density at radius 2 is 1.86 bits per heavy atom. The van der Waals surface area contributed by atoms with Crippen molar-refractivity contribution in [2.45, 2.75) is 25.4 Å². The van der Waals surface area contributed by atoms with Crippen molar-refractivity contribution in [1.29, 1.82) is 0 Å². The van der Waals surface area contributed by atoms with Gasteiger partial charge in [0.25, 0.3) is 5.56 Å². The lowest BCUT2D eigenvalue weighted by atomic mass is 10.0. The Morgan fingerprint density at radius 1 is 1.09 bits per heavy atom. The topological polar surface area (TPSA) is 125 Å². The van der Waals surface area contributed by atoms with Crippen LogP contribution < -0.4 is 16.6 Å². The Kier molecular flexibility index (Phi) is 6.19. The number of anilines is 1. The van der Waals surface area contributed by atoms with E-state index in [1.807, 2.05) is 36.4 Å². The molecule has 0 spiro atoms. The van der Waals surface area contributed by atoms with Gasteiger partial charge in [-0.1, -0.05) is 30.3 Å². The summed E-state index contributed by atoms with van der Waals surface area (Å²) >= 11 is 0. The summed E-state index contributed by atoms with van der Waals surface area (Å²) in [5.41, 5.74) is 2.54. The number of amides is 2. The molecule has 5 rings (SSSR count). The molecule has 4 aromatic rings. The highest BCUT2D eigenvalue weighted by Crippen LogP contribution is 2.25. The van der Waals surface area contributed by atoms with Gasteiger partial charge in [-0.3, -0.25) is 14.3 Å². The van der Waals surface area contributed by atoms with E-state index in [2.05, 4.69) is 15.3 Å². The fraction of sp³-hybridized carbons (Fsp3) is 0.280. The van der Waals surface area contributed by atoms with Gasteiger partial charge < -0.3 is 19.9 Å². The highest BCUT2D eigenvalue weighted by molar-refractivity contribution is 5.90. The molecule has 1 aromatic carbocycles. The van der Waals surface area contributed by atoms with Crippen molar-refractivity contribution < 1.29 is 9.90 Å². The van der Waals surface area contributed by atoms with Crippen LogP contribution in [0.5, 0.6) is 0 Å². The number of hydrogen-bond acceptors (Lipinski definition) is 5. The van der Waals surface area contributed by atoms with E-state index in [1.165, 1.54) is 4.57 Å². The fourth-order valence-corrected chi connectivity index (χ4v) is 4.63. The maximum absolute atomic E-state index is 13.0. The van der Waals surface area contributed by atoms with Crippen LogP contribution in [0.2, 0.25) is 0 Å². The third-order valence-electron chi connectivity index (χ3n) is 6.38. The minimum atomic E-state index is -0.375. The summed E-state index contributed by atoms with van der Waals surface area (Å²) in [7, 11) is 0. The molecule has 1 fully saturated rings. The lowest BCUT2D eigenvalue weighted by Gasteiger charge is -2.32. The number of fused-ring (bicyclic) bond motifs is 1. The highest BCUT2D eigenvalue weighted by atomic mass is 16.3. The Labute approximate surface area is 200 Å². The number of nitrogens with zero attached hydrogens (tertiary/aromatic N) is 4. The number of benzene rings is 1. The van der Waals surface area contributed by atoms with E-state index in [-0.39, 0.29) is 42.2 Å². The number of pyridine rings is 2. The van der Waals surface area contributed by atoms with Crippen molar-refractivity contribution in [1.82, 2.24) is 24.0 Å². The molecule has 3 N–H and O–H groups in total. The van der Waals surface area contributed by atoms with Crippen LogP contribution in [0.15, 0.2) is 70.5 Å².